The van der Waals surface area contributed by atoms with Crippen LogP contribution in [0, 0.1) is 29.4 Å². The summed E-state index contributed by atoms with van der Waals surface area (Å²) in [7, 11) is 0. The molecule has 1 aromatic rings. The molecule has 1 amide bonds. The third-order valence-corrected chi connectivity index (χ3v) is 4.54. The zero-order valence-corrected chi connectivity index (χ0v) is 10.7. The lowest BCUT2D eigenvalue weighted by Gasteiger charge is -2.20. The van der Waals surface area contributed by atoms with E-state index >= 15 is 0 Å². The van der Waals surface area contributed by atoms with Gasteiger partial charge in [0.1, 0.15) is 0 Å². The molecule has 0 saturated heterocycles. The van der Waals surface area contributed by atoms with Crippen molar-refractivity contribution in [3.05, 3.63) is 29.8 Å². The molecule has 2 aliphatic rings. The summed E-state index contributed by atoms with van der Waals surface area (Å²) in [4.78, 5) is 11.9. The van der Waals surface area contributed by atoms with Crippen LogP contribution in [0.1, 0.15) is 32.1 Å². The van der Waals surface area contributed by atoms with Crippen molar-refractivity contribution in [2.75, 3.05) is 5.32 Å². The Morgan fingerprint density at radius 2 is 2.05 bits per heavy atom. The van der Waals surface area contributed by atoms with Crippen LogP contribution in [0.2, 0.25) is 0 Å². The number of halogens is 2. The van der Waals surface area contributed by atoms with Gasteiger partial charge in [0.05, 0.1) is 0 Å². The summed E-state index contributed by atoms with van der Waals surface area (Å²) < 4.78 is 25.8. The molecule has 0 aliphatic heterocycles. The third-order valence-electron chi connectivity index (χ3n) is 4.54. The third kappa shape index (κ3) is 2.62. The Labute approximate surface area is 111 Å². The Bertz CT molecular complexity index is 503. The number of amides is 1. The van der Waals surface area contributed by atoms with Gasteiger partial charge in [-0.25, -0.2) is 8.78 Å². The molecule has 3 unspecified atom stereocenters. The van der Waals surface area contributed by atoms with E-state index in [1.54, 1.807) is 0 Å². The first-order chi connectivity index (χ1) is 9.11. The number of anilines is 1. The highest BCUT2D eigenvalue weighted by atomic mass is 19.2. The van der Waals surface area contributed by atoms with Crippen LogP contribution in [-0.2, 0) is 4.79 Å². The van der Waals surface area contributed by atoms with Gasteiger partial charge in [0.15, 0.2) is 11.6 Å². The summed E-state index contributed by atoms with van der Waals surface area (Å²) in [6, 6.07) is 3.44. The van der Waals surface area contributed by atoms with Gasteiger partial charge in [-0.15, -0.1) is 0 Å². The second kappa shape index (κ2) is 4.91. The molecule has 1 aromatic carbocycles. The van der Waals surface area contributed by atoms with Gasteiger partial charge in [-0.2, -0.15) is 0 Å². The van der Waals surface area contributed by atoms with Gasteiger partial charge in [-0.05, 0) is 49.1 Å². The monoisotopic (exact) mass is 265 g/mol. The molecule has 2 nitrogen and oxygen atoms in total. The topological polar surface area (TPSA) is 29.1 Å². The van der Waals surface area contributed by atoms with E-state index in [4.69, 9.17) is 0 Å². The maximum Gasteiger partial charge on any atom is 0.224 e. The summed E-state index contributed by atoms with van der Waals surface area (Å²) in [5.41, 5.74) is 0.326. The summed E-state index contributed by atoms with van der Waals surface area (Å²) in [6.45, 7) is 0. The van der Waals surface area contributed by atoms with Crippen molar-refractivity contribution >= 4 is 11.6 Å². The van der Waals surface area contributed by atoms with E-state index in [-0.39, 0.29) is 5.91 Å². The second-order valence-electron chi connectivity index (χ2n) is 5.82. The zero-order valence-electron chi connectivity index (χ0n) is 10.7. The van der Waals surface area contributed by atoms with Crippen LogP contribution < -0.4 is 5.32 Å². The summed E-state index contributed by atoms with van der Waals surface area (Å²) >= 11 is 0. The number of nitrogens with one attached hydrogen (secondary N) is 1. The Hall–Kier alpha value is -1.45. The molecule has 3 rings (SSSR count). The van der Waals surface area contributed by atoms with Crippen LogP contribution in [-0.4, -0.2) is 5.91 Å². The number of fused-ring (bicyclic) bond motifs is 2. The van der Waals surface area contributed by atoms with Crippen molar-refractivity contribution in [3.63, 3.8) is 0 Å². The van der Waals surface area contributed by atoms with E-state index in [1.807, 2.05) is 0 Å². The minimum atomic E-state index is -0.933. The number of hydrogen-bond acceptors (Lipinski definition) is 1. The van der Waals surface area contributed by atoms with Crippen LogP contribution in [0.4, 0.5) is 14.5 Å². The highest BCUT2D eigenvalue weighted by Crippen LogP contribution is 2.49. The van der Waals surface area contributed by atoms with Crippen LogP contribution in [0.25, 0.3) is 0 Å². The Morgan fingerprint density at radius 3 is 2.68 bits per heavy atom. The summed E-state index contributed by atoms with van der Waals surface area (Å²) in [5.74, 6) is 0.0585. The molecule has 2 bridgehead atoms. The lowest BCUT2D eigenvalue weighted by molar-refractivity contribution is -0.117. The average Bonchev–Trinajstić information content (AvgIpc) is 2.96. The van der Waals surface area contributed by atoms with Crippen molar-refractivity contribution in [1.29, 1.82) is 0 Å². The highest BCUT2D eigenvalue weighted by molar-refractivity contribution is 5.90. The smallest absolute Gasteiger partial charge is 0.224 e. The van der Waals surface area contributed by atoms with E-state index in [0.29, 0.717) is 23.9 Å². The Balaban J connectivity index is 1.57. The van der Waals surface area contributed by atoms with Gasteiger partial charge in [0, 0.05) is 18.2 Å². The molecular formula is C15H17F2NO. The van der Waals surface area contributed by atoms with E-state index in [2.05, 4.69) is 5.32 Å². The fourth-order valence-corrected chi connectivity index (χ4v) is 3.65. The number of carbonyl (C=O) groups excluding carboxylic acids is 1. The molecule has 1 N–H and O–H groups in total. The summed E-state index contributed by atoms with van der Waals surface area (Å²) in [5, 5.41) is 2.65. The first-order valence-corrected chi connectivity index (χ1v) is 6.86. The lowest BCUT2D eigenvalue weighted by Crippen LogP contribution is -2.20. The fourth-order valence-electron chi connectivity index (χ4n) is 3.65. The largest absolute Gasteiger partial charge is 0.326 e. The van der Waals surface area contributed by atoms with Crippen LogP contribution >= 0.6 is 0 Å². The van der Waals surface area contributed by atoms with Crippen LogP contribution in [0.15, 0.2) is 18.2 Å². The predicted molar refractivity (Wildman–Crippen MR) is 68.5 cm³/mol. The molecule has 0 aromatic heterocycles. The average molecular weight is 265 g/mol. The molecule has 2 fully saturated rings. The lowest BCUT2D eigenvalue weighted by atomic mass is 9.86. The highest BCUT2D eigenvalue weighted by Gasteiger charge is 2.40. The fraction of sp³-hybridized carbons (Fsp3) is 0.533. The second-order valence-corrected chi connectivity index (χ2v) is 5.82. The van der Waals surface area contributed by atoms with Gasteiger partial charge in [0.2, 0.25) is 5.91 Å². The van der Waals surface area contributed by atoms with E-state index < -0.39 is 11.6 Å². The van der Waals surface area contributed by atoms with Gasteiger partial charge in [-0.3, -0.25) is 4.79 Å². The number of carbonyl (C=O) groups is 1. The van der Waals surface area contributed by atoms with Crippen molar-refractivity contribution in [2.24, 2.45) is 17.8 Å². The zero-order chi connectivity index (χ0) is 13.4. The first kappa shape index (κ1) is 12.6. The van der Waals surface area contributed by atoms with Crippen molar-refractivity contribution in [2.45, 2.75) is 32.1 Å². The molecular weight excluding hydrogens is 248 g/mol. The molecule has 0 spiro atoms. The molecule has 102 valence electrons. The number of hydrogen-bond donors (Lipinski definition) is 1. The number of rotatable bonds is 3. The Kier molecular flexibility index (Phi) is 3.25. The summed E-state index contributed by atoms with van der Waals surface area (Å²) in [6.07, 6.45) is 5.47. The molecule has 19 heavy (non-hydrogen) atoms. The molecule has 0 radical (unpaired) electrons. The SMILES string of the molecule is O=C(CC1CC2CCC1C2)Nc1ccc(F)c(F)c1. The normalized spacial score (nSPS) is 28.6. The standard InChI is InChI=1S/C15H17F2NO/c16-13-4-3-12(8-14(13)17)18-15(19)7-11-6-9-1-2-10(11)5-9/h3-4,8-11H,1-2,5-7H2,(H,18,19). The molecule has 3 atom stereocenters. The first-order valence-electron chi connectivity index (χ1n) is 6.86. The molecule has 0 heterocycles. The van der Waals surface area contributed by atoms with E-state index in [0.717, 1.165) is 24.5 Å². The Morgan fingerprint density at radius 1 is 1.21 bits per heavy atom. The maximum absolute atomic E-state index is 13.0. The quantitative estimate of drug-likeness (QED) is 0.886. The van der Waals surface area contributed by atoms with Gasteiger partial charge >= 0.3 is 0 Å². The number of benzene rings is 1. The molecule has 4 heteroatoms. The van der Waals surface area contributed by atoms with Crippen molar-refractivity contribution < 1.29 is 13.6 Å². The van der Waals surface area contributed by atoms with E-state index in [1.165, 1.54) is 25.3 Å². The van der Waals surface area contributed by atoms with Gasteiger partial charge < -0.3 is 5.32 Å². The van der Waals surface area contributed by atoms with E-state index in [9.17, 15) is 13.6 Å². The predicted octanol–water partition coefficient (Wildman–Crippen LogP) is 3.73. The van der Waals surface area contributed by atoms with Crippen LogP contribution in [0.3, 0.4) is 0 Å². The minimum Gasteiger partial charge on any atom is -0.326 e. The van der Waals surface area contributed by atoms with Crippen LogP contribution in [0.5, 0.6) is 0 Å². The molecule has 2 aliphatic carbocycles. The van der Waals surface area contributed by atoms with Crippen molar-refractivity contribution in [3.8, 4) is 0 Å². The molecule has 2 saturated carbocycles. The van der Waals surface area contributed by atoms with Gasteiger partial charge in [-0.1, -0.05) is 6.42 Å². The maximum atomic E-state index is 13.0. The van der Waals surface area contributed by atoms with Gasteiger partial charge in [0.25, 0.3) is 0 Å². The minimum absolute atomic E-state index is 0.0939. The van der Waals surface area contributed by atoms with Crippen molar-refractivity contribution in [1.82, 2.24) is 0 Å².